The highest BCUT2D eigenvalue weighted by atomic mass is 16.5. The number of fused-ring (bicyclic) bond motifs is 4. The van der Waals surface area contributed by atoms with E-state index in [0.717, 1.165) is 36.0 Å². The smallest absolute Gasteiger partial charge is 0.116 e. The zero-order chi connectivity index (χ0) is 20.5. The largest absolute Gasteiger partial charge is 0.508 e. The number of pyridine rings is 1. The Balaban J connectivity index is 1.52. The van der Waals surface area contributed by atoms with Crippen LogP contribution >= 0.6 is 0 Å². The lowest BCUT2D eigenvalue weighted by Crippen LogP contribution is -2.55. The number of hydrogen-bond donors (Lipinski definition) is 1. The molecular formula is C26H28N2O2. The van der Waals surface area contributed by atoms with Crippen LogP contribution in [0.25, 0.3) is 10.9 Å². The third-order valence-electron chi connectivity index (χ3n) is 6.84. The first kappa shape index (κ1) is 19.3. The summed E-state index contributed by atoms with van der Waals surface area (Å²) in [5.41, 5.74) is 3.17. The van der Waals surface area contributed by atoms with Gasteiger partial charge in [0.2, 0.25) is 0 Å². The van der Waals surface area contributed by atoms with Crippen molar-refractivity contribution in [3.05, 3.63) is 84.6 Å². The van der Waals surface area contributed by atoms with E-state index in [9.17, 15) is 5.11 Å². The SMILES string of the molecule is C=C[C@@H]1CN2CCC1C[C@@H]2[C@H](OCc1ccccc1)c1ccnc2ccc(O)cc12. The summed E-state index contributed by atoms with van der Waals surface area (Å²) >= 11 is 0. The summed E-state index contributed by atoms with van der Waals surface area (Å²) in [6.07, 6.45) is 6.25. The summed E-state index contributed by atoms with van der Waals surface area (Å²) in [4.78, 5) is 7.09. The molecule has 4 heterocycles. The molecule has 0 radical (unpaired) electrons. The number of aromatic nitrogens is 1. The van der Waals surface area contributed by atoms with Crippen molar-refractivity contribution >= 4 is 10.9 Å². The van der Waals surface area contributed by atoms with Gasteiger partial charge in [0.15, 0.2) is 0 Å². The Morgan fingerprint density at radius 2 is 2.07 bits per heavy atom. The Labute approximate surface area is 177 Å². The van der Waals surface area contributed by atoms with Crippen LogP contribution in [0, 0.1) is 11.8 Å². The minimum absolute atomic E-state index is 0.0777. The Morgan fingerprint density at radius 3 is 2.83 bits per heavy atom. The van der Waals surface area contributed by atoms with Crippen molar-refractivity contribution in [1.29, 1.82) is 0 Å². The molecular weight excluding hydrogens is 372 g/mol. The lowest BCUT2D eigenvalue weighted by molar-refractivity contribution is -0.0803. The number of hydrogen-bond acceptors (Lipinski definition) is 4. The van der Waals surface area contributed by atoms with Gasteiger partial charge in [0, 0.05) is 24.2 Å². The fourth-order valence-electron chi connectivity index (χ4n) is 5.26. The number of rotatable bonds is 6. The number of phenolic OH excluding ortho intramolecular Hbond substituents is 1. The van der Waals surface area contributed by atoms with Gasteiger partial charge in [0.05, 0.1) is 18.2 Å². The highest BCUT2D eigenvalue weighted by Crippen LogP contribution is 2.43. The van der Waals surface area contributed by atoms with Crippen molar-refractivity contribution in [1.82, 2.24) is 9.88 Å². The lowest BCUT2D eigenvalue weighted by Gasteiger charge is -2.51. The fourth-order valence-corrected chi connectivity index (χ4v) is 5.26. The first-order valence-electron chi connectivity index (χ1n) is 10.8. The van der Waals surface area contributed by atoms with Crippen molar-refractivity contribution in [2.24, 2.45) is 11.8 Å². The second-order valence-electron chi connectivity index (χ2n) is 8.57. The monoisotopic (exact) mass is 400 g/mol. The second kappa shape index (κ2) is 8.21. The highest BCUT2D eigenvalue weighted by molar-refractivity contribution is 5.83. The van der Waals surface area contributed by atoms with E-state index in [1.54, 1.807) is 6.07 Å². The van der Waals surface area contributed by atoms with Crippen LogP contribution in [0.3, 0.4) is 0 Å². The molecule has 3 aliphatic heterocycles. The van der Waals surface area contributed by atoms with Gasteiger partial charge in [0.25, 0.3) is 0 Å². The molecule has 30 heavy (non-hydrogen) atoms. The highest BCUT2D eigenvalue weighted by Gasteiger charge is 2.43. The summed E-state index contributed by atoms with van der Waals surface area (Å²) in [5.74, 6) is 1.50. The minimum Gasteiger partial charge on any atom is -0.508 e. The predicted octanol–water partition coefficient (Wildman–Crippen LogP) is 5.09. The minimum atomic E-state index is -0.0777. The molecule has 0 spiro atoms. The van der Waals surface area contributed by atoms with E-state index in [4.69, 9.17) is 4.74 Å². The van der Waals surface area contributed by atoms with E-state index in [-0.39, 0.29) is 11.9 Å². The van der Waals surface area contributed by atoms with Gasteiger partial charge in [0.1, 0.15) is 5.75 Å². The van der Waals surface area contributed by atoms with E-state index >= 15 is 0 Å². The summed E-state index contributed by atoms with van der Waals surface area (Å²) in [7, 11) is 0. The number of ether oxygens (including phenoxy) is 1. The van der Waals surface area contributed by atoms with Crippen molar-refractivity contribution < 1.29 is 9.84 Å². The Morgan fingerprint density at radius 1 is 1.20 bits per heavy atom. The van der Waals surface area contributed by atoms with E-state index in [1.807, 2.05) is 36.5 Å². The molecule has 2 bridgehead atoms. The fraction of sp³-hybridized carbons (Fsp3) is 0.346. The van der Waals surface area contributed by atoms with Crippen molar-refractivity contribution in [2.45, 2.75) is 31.6 Å². The average Bonchev–Trinajstić information content (AvgIpc) is 2.80. The van der Waals surface area contributed by atoms with Crippen LogP contribution in [-0.2, 0) is 11.3 Å². The van der Waals surface area contributed by atoms with Crippen molar-refractivity contribution in [3.63, 3.8) is 0 Å². The standard InChI is InChI=1S/C26H28N2O2/c1-2-19-16-28-13-11-20(19)14-25(28)26(30-17-18-6-4-3-5-7-18)22-10-12-27-24-9-8-21(29)15-23(22)24/h2-10,12,15,19-20,25-26,29H,1,11,13-14,16-17H2/t19-,20?,25-,26-/m1/s1. The van der Waals surface area contributed by atoms with Gasteiger partial charge in [-0.05, 0) is 66.6 Å². The first-order chi connectivity index (χ1) is 14.7. The van der Waals surface area contributed by atoms with Crippen LogP contribution in [0.2, 0.25) is 0 Å². The molecule has 5 atom stereocenters. The molecule has 0 amide bonds. The van der Waals surface area contributed by atoms with E-state index in [2.05, 4.69) is 40.7 Å². The summed E-state index contributed by atoms with van der Waals surface area (Å²) < 4.78 is 6.65. The summed E-state index contributed by atoms with van der Waals surface area (Å²) in [6, 6.07) is 18.1. The molecule has 4 nitrogen and oxygen atoms in total. The maximum absolute atomic E-state index is 10.1. The van der Waals surface area contributed by atoms with Crippen LogP contribution in [0.15, 0.2) is 73.4 Å². The molecule has 2 aromatic carbocycles. The molecule has 154 valence electrons. The number of aromatic hydroxyl groups is 1. The van der Waals surface area contributed by atoms with Gasteiger partial charge >= 0.3 is 0 Å². The Kier molecular flexibility index (Phi) is 5.28. The summed E-state index contributed by atoms with van der Waals surface area (Å²) in [5, 5.41) is 11.1. The maximum Gasteiger partial charge on any atom is 0.116 e. The van der Waals surface area contributed by atoms with E-state index in [0.29, 0.717) is 24.5 Å². The molecule has 1 N–H and O–H groups in total. The Hall–Kier alpha value is -2.69. The van der Waals surface area contributed by atoms with Crippen LogP contribution in [0.1, 0.15) is 30.1 Å². The Bertz CT molecular complexity index is 1040. The molecule has 4 heteroatoms. The summed E-state index contributed by atoms with van der Waals surface area (Å²) in [6.45, 7) is 6.79. The van der Waals surface area contributed by atoms with E-state index in [1.165, 1.54) is 12.0 Å². The zero-order valence-electron chi connectivity index (χ0n) is 17.2. The van der Waals surface area contributed by atoms with Crippen molar-refractivity contribution in [3.8, 4) is 5.75 Å². The predicted molar refractivity (Wildman–Crippen MR) is 119 cm³/mol. The van der Waals surface area contributed by atoms with Crippen LogP contribution in [-0.4, -0.2) is 34.1 Å². The van der Waals surface area contributed by atoms with Crippen molar-refractivity contribution in [2.75, 3.05) is 13.1 Å². The third-order valence-corrected chi connectivity index (χ3v) is 6.84. The molecule has 6 rings (SSSR count). The van der Waals surface area contributed by atoms with Crippen LogP contribution in [0.4, 0.5) is 0 Å². The molecule has 0 saturated carbocycles. The van der Waals surface area contributed by atoms with Gasteiger partial charge in [-0.2, -0.15) is 0 Å². The number of phenols is 1. The van der Waals surface area contributed by atoms with Crippen LogP contribution in [0.5, 0.6) is 5.75 Å². The van der Waals surface area contributed by atoms with Gasteiger partial charge in [-0.15, -0.1) is 6.58 Å². The molecule has 3 saturated heterocycles. The molecule has 3 fully saturated rings. The molecule has 2 unspecified atom stereocenters. The second-order valence-corrected chi connectivity index (χ2v) is 8.57. The number of piperidine rings is 3. The molecule has 3 aliphatic rings. The van der Waals surface area contributed by atoms with Gasteiger partial charge in [-0.3, -0.25) is 9.88 Å². The van der Waals surface area contributed by atoms with Gasteiger partial charge < -0.3 is 9.84 Å². The molecule has 0 aliphatic carbocycles. The van der Waals surface area contributed by atoms with E-state index < -0.39 is 0 Å². The first-order valence-corrected chi connectivity index (χ1v) is 10.8. The quantitative estimate of drug-likeness (QED) is 0.585. The lowest BCUT2D eigenvalue weighted by atomic mass is 9.73. The third kappa shape index (κ3) is 3.62. The zero-order valence-corrected chi connectivity index (χ0v) is 17.2. The maximum atomic E-state index is 10.1. The molecule has 1 aromatic heterocycles. The number of nitrogens with zero attached hydrogens (tertiary/aromatic N) is 2. The van der Waals surface area contributed by atoms with Gasteiger partial charge in [-0.1, -0.05) is 36.4 Å². The van der Waals surface area contributed by atoms with Gasteiger partial charge in [-0.25, -0.2) is 0 Å². The number of benzene rings is 2. The normalized spacial score (nSPS) is 26.5. The topological polar surface area (TPSA) is 45.6 Å². The molecule has 3 aromatic rings. The average molecular weight is 401 g/mol. The van der Waals surface area contributed by atoms with Crippen LogP contribution < -0.4 is 0 Å².